The van der Waals surface area contributed by atoms with Crippen LogP contribution in [0.3, 0.4) is 0 Å². The Morgan fingerprint density at radius 3 is 2.43 bits per heavy atom. The third kappa shape index (κ3) is 3.46. The van der Waals surface area contributed by atoms with Crippen molar-refractivity contribution in [3.8, 4) is 0 Å². The molecule has 1 unspecified atom stereocenters. The van der Waals surface area contributed by atoms with Gasteiger partial charge < -0.3 is 9.47 Å². The lowest BCUT2D eigenvalue weighted by Gasteiger charge is -2.50. The minimum atomic E-state index is -1.21. The highest BCUT2D eigenvalue weighted by Crippen LogP contribution is 2.37. The molecule has 2 rings (SSSR count). The normalized spacial score (nSPS) is 20.7. The fourth-order valence-electron chi connectivity index (χ4n) is 2.69. The highest BCUT2D eigenvalue weighted by molar-refractivity contribution is 5.88. The molecule has 1 aromatic carbocycles. The van der Waals surface area contributed by atoms with Crippen LogP contribution in [0.4, 0.5) is 9.18 Å². The number of likely N-dealkylation sites (tertiary alicyclic amines) is 1. The largest absolute Gasteiger partial charge is 0.467 e. The van der Waals surface area contributed by atoms with Crippen molar-refractivity contribution in [2.45, 2.75) is 44.8 Å². The summed E-state index contributed by atoms with van der Waals surface area (Å²) in [5, 5.41) is 0. The van der Waals surface area contributed by atoms with Crippen LogP contribution in [-0.4, -0.2) is 41.8 Å². The number of rotatable bonds is 3. The van der Waals surface area contributed by atoms with E-state index in [4.69, 9.17) is 9.47 Å². The molecule has 1 fully saturated rings. The second kappa shape index (κ2) is 6.18. The molecule has 1 aromatic rings. The van der Waals surface area contributed by atoms with Gasteiger partial charge in [0.2, 0.25) is 0 Å². The molecule has 1 saturated heterocycles. The van der Waals surface area contributed by atoms with E-state index in [9.17, 15) is 14.0 Å². The molecule has 1 amide bonds. The van der Waals surface area contributed by atoms with Crippen LogP contribution in [0, 0.1) is 5.82 Å². The zero-order valence-corrected chi connectivity index (χ0v) is 13.9. The van der Waals surface area contributed by atoms with Gasteiger partial charge in [0.05, 0.1) is 7.11 Å². The average Bonchev–Trinajstić information content (AvgIpc) is 2.42. The van der Waals surface area contributed by atoms with E-state index in [1.165, 1.54) is 18.1 Å². The van der Waals surface area contributed by atoms with Crippen LogP contribution >= 0.6 is 0 Å². The van der Waals surface area contributed by atoms with Crippen molar-refractivity contribution >= 4 is 12.1 Å². The Balaban J connectivity index is 2.29. The Hall–Kier alpha value is -2.11. The predicted octanol–water partition coefficient (Wildman–Crippen LogP) is 2.92. The van der Waals surface area contributed by atoms with Gasteiger partial charge in [-0.1, -0.05) is 18.2 Å². The van der Waals surface area contributed by atoms with Gasteiger partial charge in [-0.2, -0.15) is 0 Å². The van der Waals surface area contributed by atoms with Gasteiger partial charge in [0.15, 0.2) is 0 Å². The summed E-state index contributed by atoms with van der Waals surface area (Å²) in [5.41, 5.74) is -1.52. The van der Waals surface area contributed by atoms with Gasteiger partial charge in [0.1, 0.15) is 17.0 Å². The maximum Gasteiger partial charge on any atom is 0.411 e. The summed E-state index contributed by atoms with van der Waals surface area (Å²) < 4.78 is 24.2. The lowest BCUT2D eigenvalue weighted by atomic mass is 9.79. The average molecular weight is 323 g/mol. The molecule has 0 N–H and O–H groups in total. The zero-order chi connectivity index (χ0) is 17.3. The number of hydrogen-bond donors (Lipinski definition) is 0. The van der Waals surface area contributed by atoms with Gasteiger partial charge >= 0.3 is 12.1 Å². The third-order valence-electron chi connectivity index (χ3n) is 3.89. The molecule has 5 nitrogen and oxygen atoms in total. The molecule has 6 heteroatoms. The Bertz CT molecular complexity index is 611. The van der Waals surface area contributed by atoms with Crippen LogP contribution in [0.25, 0.3) is 0 Å². The number of carbonyl (C=O) groups is 2. The summed E-state index contributed by atoms with van der Waals surface area (Å²) in [6.07, 6.45) is -0.121. The van der Waals surface area contributed by atoms with Gasteiger partial charge in [-0.05, 0) is 38.8 Å². The topological polar surface area (TPSA) is 55.8 Å². The molecular weight excluding hydrogens is 301 g/mol. The van der Waals surface area contributed by atoms with E-state index in [2.05, 4.69) is 0 Å². The molecule has 0 aliphatic carbocycles. The number of methoxy groups -OCH3 is 1. The quantitative estimate of drug-likeness (QED) is 0.803. The monoisotopic (exact) mass is 323 g/mol. The molecule has 126 valence electrons. The van der Waals surface area contributed by atoms with Crippen LogP contribution in [0.15, 0.2) is 24.3 Å². The van der Waals surface area contributed by atoms with E-state index in [-0.39, 0.29) is 6.42 Å². The molecule has 23 heavy (non-hydrogen) atoms. The Kier molecular flexibility index (Phi) is 4.63. The SMILES string of the molecule is COC(=O)C1(Cc2ccccc2F)CCN1C(=O)OC(C)(C)C. The first-order chi connectivity index (χ1) is 10.7. The van der Waals surface area contributed by atoms with E-state index in [0.717, 1.165) is 0 Å². The van der Waals surface area contributed by atoms with Crippen molar-refractivity contribution < 1.29 is 23.5 Å². The molecule has 0 spiro atoms. The number of amides is 1. The van der Waals surface area contributed by atoms with Crippen molar-refractivity contribution in [1.29, 1.82) is 0 Å². The Morgan fingerprint density at radius 2 is 1.96 bits per heavy atom. The summed E-state index contributed by atoms with van der Waals surface area (Å²) in [4.78, 5) is 26.0. The van der Waals surface area contributed by atoms with Crippen LogP contribution < -0.4 is 0 Å². The molecule has 1 aliphatic heterocycles. The maximum atomic E-state index is 14.0. The van der Waals surface area contributed by atoms with Crippen molar-refractivity contribution in [3.05, 3.63) is 35.6 Å². The first-order valence-corrected chi connectivity index (χ1v) is 7.52. The molecule has 0 bridgehead atoms. The lowest BCUT2D eigenvalue weighted by Crippen LogP contribution is -2.68. The molecule has 0 aromatic heterocycles. The number of ether oxygens (including phenoxy) is 2. The minimum absolute atomic E-state index is 0.0611. The second-order valence-electron chi connectivity index (χ2n) is 6.67. The molecule has 0 radical (unpaired) electrons. The number of halogens is 1. The zero-order valence-electron chi connectivity index (χ0n) is 13.9. The maximum absolute atomic E-state index is 14.0. The van der Waals surface area contributed by atoms with Crippen LogP contribution in [0.5, 0.6) is 0 Å². The predicted molar refractivity (Wildman–Crippen MR) is 82.4 cm³/mol. The van der Waals surface area contributed by atoms with E-state index in [0.29, 0.717) is 18.5 Å². The number of nitrogens with zero attached hydrogens (tertiary/aromatic N) is 1. The molecule has 1 aliphatic rings. The van der Waals surface area contributed by atoms with Crippen molar-refractivity contribution in [2.24, 2.45) is 0 Å². The molecule has 1 atom stereocenters. The first-order valence-electron chi connectivity index (χ1n) is 7.52. The van der Waals surface area contributed by atoms with Gasteiger partial charge in [-0.3, -0.25) is 4.90 Å². The van der Waals surface area contributed by atoms with Crippen molar-refractivity contribution in [2.75, 3.05) is 13.7 Å². The first kappa shape index (κ1) is 17.2. The Labute approximate surface area is 135 Å². The molecular formula is C17H22FNO4. The third-order valence-corrected chi connectivity index (χ3v) is 3.89. The summed E-state index contributed by atoms with van der Waals surface area (Å²) in [7, 11) is 1.26. The molecule has 1 heterocycles. The lowest BCUT2D eigenvalue weighted by molar-refractivity contribution is -0.164. The summed E-state index contributed by atoms with van der Waals surface area (Å²) >= 11 is 0. The highest BCUT2D eigenvalue weighted by Gasteiger charge is 2.55. The van der Waals surface area contributed by atoms with Gasteiger partial charge in [0, 0.05) is 13.0 Å². The number of hydrogen-bond acceptors (Lipinski definition) is 4. The number of esters is 1. The van der Waals surface area contributed by atoms with Crippen LogP contribution in [-0.2, 0) is 20.7 Å². The minimum Gasteiger partial charge on any atom is -0.467 e. The molecule has 0 saturated carbocycles. The summed E-state index contributed by atoms with van der Waals surface area (Å²) in [6, 6.07) is 6.21. The van der Waals surface area contributed by atoms with E-state index >= 15 is 0 Å². The standard InChI is InChI=1S/C17H22FNO4/c1-16(2,3)23-15(21)19-10-9-17(19,14(20)22-4)11-12-7-5-6-8-13(12)18/h5-8H,9-11H2,1-4H3. The fraction of sp³-hybridized carbons (Fsp3) is 0.529. The number of carbonyl (C=O) groups excluding carboxylic acids is 2. The smallest absolute Gasteiger partial charge is 0.411 e. The van der Waals surface area contributed by atoms with Gasteiger partial charge in [0.25, 0.3) is 0 Å². The van der Waals surface area contributed by atoms with E-state index < -0.39 is 29.0 Å². The number of benzene rings is 1. The van der Waals surface area contributed by atoms with Crippen molar-refractivity contribution in [3.63, 3.8) is 0 Å². The summed E-state index contributed by atoms with van der Waals surface area (Å²) in [6.45, 7) is 5.63. The fourth-order valence-corrected chi connectivity index (χ4v) is 2.69. The van der Waals surface area contributed by atoms with Crippen LogP contribution in [0.2, 0.25) is 0 Å². The van der Waals surface area contributed by atoms with E-state index in [1.807, 2.05) is 0 Å². The second-order valence-corrected chi connectivity index (χ2v) is 6.67. The van der Waals surface area contributed by atoms with Crippen molar-refractivity contribution in [1.82, 2.24) is 4.90 Å². The van der Waals surface area contributed by atoms with Gasteiger partial charge in [-0.15, -0.1) is 0 Å². The highest BCUT2D eigenvalue weighted by atomic mass is 19.1. The van der Waals surface area contributed by atoms with Gasteiger partial charge in [-0.25, -0.2) is 14.0 Å². The van der Waals surface area contributed by atoms with Crippen LogP contribution in [0.1, 0.15) is 32.8 Å². The summed E-state index contributed by atoms with van der Waals surface area (Å²) in [5.74, 6) is -0.968. The van der Waals surface area contributed by atoms with E-state index in [1.54, 1.807) is 39.0 Å². The Morgan fingerprint density at radius 1 is 1.30 bits per heavy atom.